The highest BCUT2D eigenvalue weighted by Gasteiger charge is 2.18. The van der Waals surface area contributed by atoms with E-state index < -0.39 is 6.04 Å². The van der Waals surface area contributed by atoms with Gasteiger partial charge in [0.2, 0.25) is 0 Å². The molecule has 0 aliphatic rings. The van der Waals surface area contributed by atoms with Gasteiger partial charge in [-0.1, -0.05) is 0 Å². The Hall–Kier alpha value is -1.78. The summed E-state index contributed by atoms with van der Waals surface area (Å²) in [4.78, 5) is 0. The molecular formula is C13H9ClFNO2. The maximum Gasteiger partial charge on any atom is 0.198 e. The Morgan fingerprint density at radius 2 is 2.06 bits per heavy atom. The van der Waals surface area contributed by atoms with E-state index in [4.69, 9.17) is 26.2 Å². The van der Waals surface area contributed by atoms with Crippen molar-refractivity contribution in [3.8, 4) is 0 Å². The molecule has 0 aliphatic heterocycles. The van der Waals surface area contributed by atoms with Gasteiger partial charge < -0.3 is 14.6 Å². The number of halogens is 2. The minimum absolute atomic E-state index is 0.231. The van der Waals surface area contributed by atoms with Crippen molar-refractivity contribution in [2.45, 2.75) is 6.04 Å². The van der Waals surface area contributed by atoms with E-state index in [2.05, 4.69) is 0 Å². The highest BCUT2D eigenvalue weighted by Crippen LogP contribution is 2.31. The number of furan rings is 2. The minimum atomic E-state index is -0.535. The van der Waals surface area contributed by atoms with Crippen LogP contribution in [0.4, 0.5) is 4.39 Å². The Balaban J connectivity index is 2.07. The molecule has 0 saturated carbocycles. The van der Waals surface area contributed by atoms with Crippen LogP contribution in [0.2, 0.25) is 5.22 Å². The lowest BCUT2D eigenvalue weighted by atomic mass is 10.1. The monoisotopic (exact) mass is 265 g/mol. The fourth-order valence-corrected chi connectivity index (χ4v) is 2.10. The molecule has 0 radical (unpaired) electrons. The second-order valence-corrected chi connectivity index (χ2v) is 4.30. The van der Waals surface area contributed by atoms with Crippen LogP contribution in [0.15, 0.2) is 45.4 Å². The van der Waals surface area contributed by atoms with E-state index >= 15 is 0 Å². The molecule has 0 saturated heterocycles. The molecule has 3 aromatic rings. The van der Waals surface area contributed by atoms with E-state index in [1.165, 1.54) is 18.4 Å². The molecule has 3 nitrogen and oxygen atoms in total. The van der Waals surface area contributed by atoms with Gasteiger partial charge in [-0.3, -0.25) is 0 Å². The number of hydrogen-bond donors (Lipinski definition) is 1. The van der Waals surface area contributed by atoms with Crippen molar-refractivity contribution < 1.29 is 13.2 Å². The summed E-state index contributed by atoms with van der Waals surface area (Å²) < 4.78 is 23.6. The first-order valence-corrected chi connectivity index (χ1v) is 5.70. The molecule has 92 valence electrons. The lowest BCUT2D eigenvalue weighted by Crippen LogP contribution is -2.10. The minimum Gasteiger partial charge on any atom is -0.459 e. The molecule has 0 aliphatic carbocycles. The van der Waals surface area contributed by atoms with Gasteiger partial charge >= 0.3 is 0 Å². The Kier molecular flexibility index (Phi) is 2.61. The van der Waals surface area contributed by atoms with Crippen LogP contribution in [0.5, 0.6) is 0 Å². The van der Waals surface area contributed by atoms with Crippen molar-refractivity contribution in [1.82, 2.24) is 0 Å². The third-order valence-electron chi connectivity index (χ3n) is 2.79. The fourth-order valence-electron chi connectivity index (χ4n) is 1.87. The zero-order chi connectivity index (χ0) is 12.7. The third-order valence-corrected chi connectivity index (χ3v) is 3.09. The molecule has 2 aromatic heterocycles. The van der Waals surface area contributed by atoms with E-state index in [9.17, 15) is 4.39 Å². The number of rotatable bonds is 2. The Bertz CT molecular complexity index is 704. The average Bonchev–Trinajstić information content (AvgIpc) is 2.93. The van der Waals surface area contributed by atoms with E-state index in [0.717, 1.165) is 0 Å². The summed E-state index contributed by atoms with van der Waals surface area (Å²) in [5, 5.41) is 0.897. The molecule has 2 N–H and O–H groups in total. The third kappa shape index (κ3) is 1.79. The van der Waals surface area contributed by atoms with E-state index in [0.29, 0.717) is 22.3 Å². The Morgan fingerprint density at radius 3 is 2.78 bits per heavy atom. The molecule has 0 spiro atoms. The van der Waals surface area contributed by atoms with Gasteiger partial charge in [0.15, 0.2) is 5.22 Å². The van der Waals surface area contributed by atoms with Crippen molar-refractivity contribution in [2.24, 2.45) is 5.73 Å². The summed E-state index contributed by atoms with van der Waals surface area (Å²) in [5.74, 6) is 0.198. The van der Waals surface area contributed by atoms with Crippen LogP contribution in [0.3, 0.4) is 0 Å². The predicted octanol–water partition coefficient (Wildman–Crippen LogP) is 3.87. The standard InChI is InChI=1S/C13H9ClFNO2/c14-13-9(3-4-17-13)12(16)11-6-7-5-8(15)1-2-10(7)18-11/h1-6,12H,16H2. The van der Waals surface area contributed by atoms with Crippen molar-refractivity contribution >= 4 is 22.6 Å². The normalized spacial score (nSPS) is 13.1. The van der Waals surface area contributed by atoms with Crippen molar-refractivity contribution in [3.05, 3.63) is 59.0 Å². The van der Waals surface area contributed by atoms with Gasteiger partial charge in [-0.15, -0.1) is 0 Å². The maximum absolute atomic E-state index is 13.1. The lowest BCUT2D eigenvalue weighted by molar-refractivity contribution is 0.517. The van der Waals surface area contributed by atoms with Gasteiger partial charge in [0.05, 0.1) is 12.3 Å². The van der Waals surface area contributed by atoms with Crippen LogP contribution in [0.1, 0.15) is 17.4 Å². The van der Waals surface area contributed by atoms with E-state index in [1.807, 2.05) is 0 Å². The van der Waals surface area contributed by atoms with Gasteiger partial charge in [0.25, 0.3) is 0 Å². The lowest BCUT2D eigenvalue weighted by Gasteiger charge is -2.05. The number of fused-ring (bicyclic) bond motifs is 1. The largest absolute Gasteiger partial charge is 0.459 e. The van der Waals surface area contributed by atoms with E-state index in [-0.39, 0.29) is 11.0 Å². The summed E-state index contributed by atoms with van der Waals surface area (Å²) in [6.07, 6.45) is 1.46. The zero-order valence-corrected chi connectivity index (χ0v) is 9.95. The van der Waals surface area contributed by atoms with Crippen LogP contribution in [-0.2, 0) is 0 Å². The van der Waals surface area contributed by atoms with Crippen molar-refractivity contribution in [1.29, 1.82) is 0 Å². The Morgan fingerprint density at radius 1 is 1.22 bits per heavy atom. The van der Waals surface area contributed by atoms with Crippen LogP contribution < -0.4 is 5.73 Å². The highest BCUT2D eigenvalue weighted by molar-refractivity contribution is 6.29. The maximum atomic E-state index is 13.1. The van der Waals surface area contributed by atoms with Crippen molar-refractivity contribution in [2.75, 3.05) is 0 Å². The molecular weight excluding hydrogens is 257 g/mol. The molecule has 0 bridgehead atoms. The first-order chi connectivity index (χ1) is 8.65. The molecule has 0 amide bonds. The molecule has 1 atom stereocenters. The highest BCUT2D eigenvalue weighted by atomic mass is 35.5. The average molecular weight is 266 g/mol. The SMILES string of the molecule is NC(c1cc2cc(F)ccc2o1)c1ccoc1Cl. The summed E-state index contributed by atoms with van der Waals surface area (Å²) >= 11 is 5.86. The van der Waals surface area contributed by atoms with Crippen LogP contribution in [0.25, 0.3) is 11.0 Å². The van der Waals surface area contributed by atoms with Crippen LogP contribution in [0, 0.1) is 5.82 Å². The number of hydrogen-bond acceptors (Lipinski definition) is 3. The zero-order valence-electron chi connectivity index (χ0n) is 9.19. The first kappa shape index (κ1) is 11.3. The fraction of sp³-hybridized carbons (Fsp3) is 0.0769. The smallest absolute Gasteiger partial charge is 0.198 e. The summed E-state index contributed by atoms with van der Waals surface area (Å²) in [6, 6.07) is 7.15. The van der Waals surface area contributed by atoms with Gasteiger partial charge in [0, 0.05) is 10.9 Å². The molecule has 1 aromatic carbocycles. The van der Waals surface area contributed by atoms with Gasteiger partial charge in [-0.25, -0.2) is 4.39 Å². The first-order valence-electron chi connectivity index (χ1n) is 5.32. The quantitative estimate of drug-likeness (QED) is 0.765. The second kappa shape index (κ2) is 4.15. The molecule has 2 heterocycles. The molecule has 5 heteroatoms. The summed E-state index contributed by atoms with van der Waals surface area (Å²) in [5.41, 5.74) is 7.25. The van der Waals surface area contributed by atoms with Gasteiger partial charge in [-0.05, 0) is 41.9 Å². The number of nitrogens with two attached hydrogens (primary N) is 1. The second-order valence-electron chi connectivity index (χ2n) is 3.96. The number of benzene rings is 1. The summed E-state index contributed by atoms with van der Waals surface area (Å²) in [6.45, 7) is 0. The molecule has 1 unspecified atom stereocenters. The predicted molar refractivity (Wildman–Crippen MR) is 65.9 cm³/mol. The topological polar surface area (TPSA) is 52.3 Å². The van der Waals surface area contributed by atoms with Crippen LogP contribution >= 0.6 is 11.6 Å². The van der Waals surface area contributed by atoms with Crippen molar-refractivity contribution in [3.63, 3.8) is 0 Å². The summed E-state index contributed by atoms with van der Waals surface area (Å²) in [7, 11) is 0. The van der Waals surface area contributed by atoms with Gasteiger partial charge in [0.1, 0.15) is 17.2 Å². The van der Waals surface area contributed by atoms with Gasteiger partial charge in [-0.2, -0.15) is 0 Å². The molecule has 3 rings (SSSR count). The Labute approximate surface area is 107 Å². The van der Waals surface area contributed by atoms with E-state index in [1.54, 1.807) is 18.2 Å². The van der Waals surface area contributed by atoms with Crippen LogP contribution in [-0.4, -0.2) is 0 Å². The molecule has 0 fully saturated rings. The molecule has 18 heavy (non-hydrogen) atoms.